The second-order valence-corrected chi connectivity index (χ2v) is 2.15. The van der Waals surface area contributed by atoms with E-state index in [1.807, 2.05) is 0 Å². The van der Waals surface area contributed by atoms with E-state index in [0.717, 1.165) is 0 Å². The molecule has 0 spiro atoms. The predicted octanol–water partition coefficient (Wildman–Crippen LogP) is 0.345. The summed E-state index contributed by atoms with van der Waals surface area (Å²) in [7, 11) is 0. The Kier molecular flexibility index (Phi) is 2.85. The summed E-state index contributed by atoms with van der Waals surface area (Å²) < 4.78 is 0. The summed E-state index contributed by atoms with van der Waals surface area (Å²) >= 11 is 3.79. The van der Waals surface area contributed by atoms with Crippen LogP contribution in [0.4, 0.5) is 5.69 Å². The van der Waals surface area contributed by atoms with Gasteiger partial charge in [0.2, 0.25) is 5.91 Å². The zero-order valence-corrected chi connectivity index (χ0v) is 6.58. The lowest BCUT2D eigenvalue weighted by atomic mass is 10.5. The van der Waals surface area contributed by atoms with E-state index < -0.39 is 0 Å². The van der Waals surface area contributed by atoms with Gasteiger partial charge in [0.1, 0.15) is 6.33 Å². The fraction of sp³-hybridized carbons (Fsp3) is 0.167. The Morgan fingerprint density at radius 1 is 1.55 bits per heavy atom. The molecule has 4 nitrogen and oxygen atoms in total. The molecule has 1 aromatic heterocycles. The number of hydrogen-bond donors (Lipinski definition) is 2. The van der Waals surface area contributed by atoms with Gasteiger partial charge in [-0.05, 0) is 0 Å². The lowest BCUT2D eigenvalue weighted by Crippen LogP contribution is -2.12. The number of aromatic nitrogens is 2. The third-order valence-electron chi connectivity index (χ3n) is 0.988. The van der Waals surface area contributed by atoms with Crippen LogP contribution in [-0.2, 0) is 4.79 Å². The number of carbonyl (C=O) groups excluding carboxylic acids is 1. The van der Waals surface area contributed by atoms with E-state index in [1.165, 1.54) is 18.7 Å². The highest BCUT2D eigenvalue weighted by Crippen LogP contribution is 1.99. The standard InChI is InChI=1S/C6H7N3OS/c10-6(3-11)9-5-1-7-4-8-2-5/h1-2,4,11H,3H2,(H,9,10). The molecule has 1 aromatic rings. The Labute approximate surface area is 69.5 Å². The Balaban J connectivity index is 2.58. The molecule has 0 unspecified atom stereocenters. The average Bonchev–Trinajstić information content (AvgIpc) is 2.06. The van der Waals surface area contributed by atoms with Crippen molar-refractivity contribution < 1.29 is 4.79 Å². The molecule has 0 radical (unpaired) electrons. The molecule has 11 heavy (non-hydrogen) atoms. The minimum absolute atomic E-state index is 0.162. The predicted molar refractivity (Wildman–Crippen MR) is 44.5 cm³/mol. The molecular formula is C6H7N3OS. The maximum Gasteiger partial charge on any atom is 0.234 e. The van der Waals surface area contributed by atoms with E-state index >= 15 is 0 Å². The number of amides is 1. The van der Waals surface area contributed by atoms with Crippen molar-refractivity contribution in [1.29, 1.82) is 0 Å². The van der Waals surface area contributed by atoms with Gasteiger partial charge in [0.05, 0.1) is 23.8 Å². The molecule has 0 atom stereocenters. The maximum absolute atomic E-state index is 10.7. The van der Waals surface area contributed by atoms with Gasteiger partial charge < -0.3 is 5.32 Å². The first-order valence-electron chi connectivity index (χ1n) is 2.98. The molecule has 0 aromatic carbocycles. The number of anilines is 1. The number of hydrogen-bond acceptors (Lipinski definition) is 4. The van der Waals surface area contributed by atoms with Gasteiger partial charge in [0, 0.05) is 0 Å². The molecule has 0 aliphatic heterocycles. The van der Waals surface area contributed by atoms with E-state index in [-0.39, 0.29) is 11.7 Å². The summed E-state index contributed by atoms with van der Waals surface area (Å²) in [4.78, 5) is 18.2. The molecule has 0 bridgehead atoms. The van der Waals surface area contributed by atoms with Gasteiger partial charge in [0.25, 0.3) is 0 Å². The first-order valence-corrected chi connectivity index (χ1v) is 3.62. The topological polar surface area (TPSA) is 54.9 Å². The SMILES string of the molecule is O=C(CS)Nc1cncnc1. The molecule has 5 heteroatoms. The van der Waals surface area contributed by atoms with Crippen molar-refractivity contribution in [3.05, 3.63) is 18.7 Å². The fourth-order valence-corrected chi connectivity index (χ4v) is 0.643. The van der Waals surface area contributed by atoms with Crippen LogP contribution in [0.15, 0.2) is 18.7 Å². The van der Waals surface area contributed by atoms with Crippen LogP contribution >= 0.6 is 12.6 Å². The molecule has 58 valence electrons. The number of carbonyl (C=O) groups is 1. The van der Waals surface area contributed by atoms with Crippen molar-refractivity contribution in [3.63, 3.8) is 0 Å². The van der Waals surface area contributed by atoms with Gasteiger partial charge in [-0.2, -0.15) is 12.6 Å². The van der Waals surface area contributed by atoms with Crippen molar-refractivity contribution in [2.24, 2.45) is 0 Å². The second kappa shape index (κ2) is 3.92. The average molecular weight is 169 g/mol. The quantitative estimate of drug-likeness (QED) is 0.628. The van der Waals surface area contributed by atoms with Crippen LogP contribution in [0.3, 0.4) is 0 Å². The minimum atomic E-state index is -0.164. The van der Waals surface area contributed by atoms with Crippen LogP contribution in [0.1, 0.15) is 0 Å². The summed E-state index contributed by atoms with van der Waals surface area (Å²) in [5.74, 6) is -0.00216. The molecule has 1 heterocycles. The fourth-order valence-electron chi connectivity index (χ4n) is 0.564. The third-order valence-corrected chi connectivity index (χ3v) is 1.28. The van der Waals surface area contributed by atoms with E-state index in [2.05, 4.69) is 27.9 Å². The van der Waals surface area contributed by atoms with Crippen molar-refractivity contribution in [2.45, 2.75) is 0 Å². The lowest BCUT2D eigenvalue weighted by molar-refractivity contribution is -0.113. The molecule has 0 fully saturated rings. The molecule has 0 aliphatic rings. The summed E-state index contributed by atoms with van der Waals surface area (Å²) in [5.41, 5.74) is 0.589. The van der Waals surface area contributed by atoms with Crippen LogP contribution in [0.25, 0.3) is 0 Å². The van der Waals surface area contributed by atoms with Gasteiger partial charge in [0.15, 0.2) is 0 Å². The summed E-state index contributed by atoms with van der Waals surface area (Å²) in [5, 5.41) is 2.55. The summed E-state index contributed by atoms with van der Waals surface area (Å²) in [6, 6.07) is 0. The van der Waals surface area contributed by atoms with Crippen molar-refractivity contribution in [2.75, 3.05) is 11.1 Å². The van der Waals surface area contributed by atoms with Crippen LogP contribution in [-0.4, -0.2) is 21.6 Å². The minimum Gasteiger partial charge on any atom is -0.323 e. The van der Waals surface area contributed by atoms with Gasteiger partial charge in [-0.1, -0.05) is 0 Å². The molecule has 1 N–H and O–H groups in total. The molecule has 0 saturated carbocycles. The first-order chi connectivity index (χ1) is 5.33. The Bertz CT molecular complexity index is 239. The van der Waals surface area contributed by atoms with Gasteiger partial charge in [-0.3, -0.25) is 4.79 Å². The number of thiol groups is 1. The summed E-state index contributed by atoms with van der Waals surface area (Å²) in [6.07, 6.45) is 4.44. The normalized spacial score (nSPS) is 9.18. The number of nitrogens with one attached hydrogen (secondary N) is 1. The maximum atomic E-state index is 10.7. The van der Waals surface area contributed by atoms with Gasteiger partial charge >= 0.3 is 0 Å². The van der Waals surface area contributed by atoms with Crippen molar-refractivity contribution >= 4 is 24.2 Å². The van der Waals surface area contributed by atoms with Gasteiger partial charge in [-0.15, -0.1) is 0 Å². The zero-order chi connectivity index (χ0) is 8.10. The monoisotopic (exact) mass is 169 g/mol. The third kappa shape index (κ3) is 2.55. The molecular weight excluding hydrogens is 162 g/mol. The highest BCUT2D eigenvalue weighted by molar-refractivity contribution is 7.81. The highest BCUT2D eigenvalue weighted by Gasteiger charge is 1.97. The van der Waals surface area contributed by atoms with Crippen LogP contribution in [0.2, 0.25) is 0 Å². The molecule has 1 amide bonds. The van der Waals surface area contributed by atoms with Gasteiger partial charge in [-0.25, -0.2) is 9.97 Å². The van der Waals surface area contributed by atoms with E-state index in [9.17, 15) is 4.79 Å². The number of rotatable bonds is 2. The summed E-state index contributed by atoms with van der Waals surface area (Å²) in [6.45, 7) is 0. The Morgan fingerprint density at radius 2 is 2.18 bits per heavy atom. The van der Waals surface area contributed by atoms with Crippen LogP contribution in [0.5, 0.6) is 0 Å². The molecule has 0 saturated heterocycles. The Hall–Kier alpha value is -1.10. The molecule has 1 rings (SSSR count). The zero-order valence-electron chi connectivity index (χ0n) is 5.69. The van der Waals surface area contributed by atoms with Crippen LogP contribution < -0.4 is 5.32 Å². The van der Waals surface area contributed by atoms with E-state index in [4.69, 9.17) is 0 Å². The van der Waals surface area contributed by atoms with Crippen LogP contribution in [0, 0.1) is 0 Å². The largest absolute Gasteiger partial charge is 0.323 e. The van der Waals surface area contributed by atoms with E-state index in [0.29, 0.717) is 5.69 Å². The second-order valence-electron chi connectivity index (χ2n) is 1.83. The first kappa shape index (κ1) is 8.00. The Morgan fingerprint density at radius 3 is 2.73 bits per heavy atom. The van der Waals surface area contributed by atoms with E-state index in [1.54, 1.807) is 0 Å². The van der Waals surface area contributed by atoms with Crippen molar-refractivity contribution in [3.8, 4) is 0 Å². The molecule has 0 aliphatic carbocycles. The lowest BCUT2D eigenvalue weighted by Gasteiger charge is -1.99. The van der Waals surface area contributed by atoms with Crippen molar-refractivity contribution in [1.82, 2.24) is 9.97 Å². The highest BCUT2D eigenvalue weighted by atomic mass is 32.1. The smallest absolute Gasteiger partial charge is 0.234 e. The number of nitrogens with zero attached hydrogens (tertiary/aromatic N) is 2.